The number of pyridine rings is 1. The summed E-state index contributed by atoms with van der Waals surface area (Å²) in [7, 11) is -1.54. The zero-order chi connectivity index (χ0) is 20.7. The molecule has 0 saturated heterocycles. The van der Waals surface area contributed by atoms with Gasteiger partial charge in [0.25, 0.3) is 0 Å². The van der Waals surface area contributed by atoms with Crippen molar-refractivity contribution in [2.75, 3.05) is 0 Å². The molecule has 2 aromatic heterocycles. The molecular formula is C24H19BN2O3. The maximum atomic E-state index is 9.41. The van der Waals surface area contributed by atoms with Gasteiger partial charge >= 0.3 is 7.12 Å². The molecule has 146 valence electrons. The van der Waals surface area contributed by atoms with Gasteiger partial charge in [-0.05, 0) is 60.9 Å². The molecule has 3 aromatic carbocycles. The Kier molecular flexibility index (Phi) is 4.50. The van der Waals surface area contributed by atoms with Crippen molar-refractivity contribution in [2.45, 2.75) is 6.92 Å². The van der Waals surface area contributed by atoms with E-state index in [4.69, 9.17) is 4.74 Å². The Balaban J connectivity index is 1.68. The number of ether oxygens (including phenoxy) is 1. The molecule has 5 nitrogen and oxygen atoms in total. The summed E-state index contributed by atoms with van der Waals surface area (Å²) in [4.78, 5) is 4.56. The van der Waals surface area contributed by atoms with Crippen molar-refractivity contribution in [1.82, 2.24) is 9.55 Å². The Morgan fingerprint density at radius 1 is 0.800 bits per heavy atom. The number of aryl methyl sites for hydroxylation is 1. The lowest BCUT2D eigenvalue weighted by Gasteiger charge is -2.09. The van der Waals surface area contributed by atoms with Gasteiger partial charge in [0.05, 0.1) is 11.0 Å². The van der Waals surface area contributed by atoms with Crippen LogP contribution < -0.4 is 10.2 Å². The van der Waals surface area contributed by atoms with Crippen LogP contribution in [0.5, 0.6) is 11.5 Å². The normalized spacial score (nSPS) is 11.2. The Labute approximate surface area is 174 Å². The lowest BCUT2D eigenvalue weighted by atomic mass is 9.80. The van der Waals surface area contributed by atoms with Gasteiger partial charge in [-0.1, -0.05) is 29.8 Å². The Morgan fingerprint density at radius 2 is 1.67 bits per heavy atom. The monoisotopic (exact) mass is 394 g/mol. The van der Waals surface area contributed by atoms with Crippen LogP contribution in [0.2, 0.25) is 0 Å². The van der Waals surface area contributed by atoms with Crippen LogP contribution in [0.3, 0.4) is 0 Å². The Hall–Kier alpha value is -3.61. The number of aromatic nitrogens is 2. The third-order valence-electron chi connectivity index (χ3n) is 5.16. The van der Waals surface area contributed by atoms with Crippen LogP contribution in [0.15, 0.2) is 85.1 Å². The van der Waals surface area contributed by atoms with Gasteiger partial charge in [-0.15, -0.1) is 0 Å². The molecular weight excluding hydrogens is 375 g/mol. The maximum absolute atomic E-state index is 9.41. The molecule has 0 aliphatic rings. The second-order valence-electron chi connectivity index (χ2n) is 7.27. The van der Waals surface area contributed by atoms with Gasteiger partial charge in [-0.25, -0.2) is 4.98 Å². The zero-order valence-electron chi connectivity index (χ0n) is 16.4. The van der Waals surface area contributed by atoms with Crippen molar-refractivity contribution in [3.05, 3.63) is 90.6 Å². The summed E-state index contributed by atoms with van der Waals surface area (Å²) in [5, 5.41) is 21.1. The SMILES string of the molecule is Cc1ccc2c(c1)c1ccc(Oc3cccc(B(O)O)c3)cc1n2-c1ccccn1. The van der Waals surface area contributed by atoms with Crippen LogP contribution in [0.4, 0.5) is 0 Å². The molecule has 0 fully saturated rings. The summed E-state index contributed by atoms with van der Waals surface area (Å²) in [6.45, 7) is 2.09. The first-order valence-corrected chi connectivity index (χ1v) is 9.70. The number of rotatable bonds is 4. The fraction of sp³-hybridized carbons (Fsp3) is 0.0417. The summed E-state index contributed by atoms with van der Waals surface area (Å²) < 4.78 is 8.16. The van der Waals surface area contributed by atoms with Crippen molar-refractivity contribution in [1.29, 1.82) is 0 Å². The van der Waals surface area contributed by atoms with Gasteiger partial charge in [0.15, 0.2) is 0 Å². The van der Waals surface area contributed by atoms with E-state index in [0.717, 1.165) is 27.6 Å². The van der Waals surface area contributed by atoms with Gasteiger partial charge in [0, 0.05) is 23.0 Å². The molecule has 6 heteroatoms. The van der Waals surface area contributed by atoms with E-state index in [9.17, 15) is 10.0 Å². The van der Waals surface area contributed by atoms with Crippen molar-refractivity contribution in [3.8, 4) is 17.3 Å². The van der Waals surface area contributed by atoms with E-state index in [1.807, 2.05) is 30.3 Å². The predicted molar refractivity (Wildman–Crippen MR) is 120 cm³/mol. The third kappa shape index (κ3) is 3.22. The second kappa shape index (κ2) is 7.33. The van der Waals surface area contributed by atoms with Gasteiger partial charge < -0.3 is 14.8 Å². The molecule has 0 amide bonds. The summed E-state index contributed by atoms with van der Waals surface area (Å²) >= 11 is 0. The van der Waals surface area contributed by atoms with E-state index >= 15 is 0 Å². The highest BCUT2D eigenvalue weighted by Crippen LogP contribution is 2.35. The highest BCUT2D eigenvalue weighted by molar-refractivity contribution is 6.58. The minimum absolute atomic E-state index is 0.381. The van der Waals surface area contributed by atoms with Crippen LogP contribution >= 0.6 is 0 Å². The first kappa shape index (κ1) is 18.4. The van der Waals surface area contributed by atoms with Gasteiger partial charge in [-0.2, -0.15) is 0 Å². The van der Waals surface area contributed by atoms with E-state index < -0.39 is 7.12 Å². The van der Waals surface area contributed by atoms with E-state index in [2.05, 4.69) is 40.7 Å². The molecule has 0 radical (unpaired) electrons. The lowest BCUT2D eigenvalue weighted by molar-refractivity contribution is 0.425. The quantitative estimate of drug-likeness (QED) is 0.453. The molecule has 0 aliphatic carbocycles. The summed E-state index contributed by atoms with van der Waals surface area (Å²) in [6.07, 6.45) is 1.78. The van der Waals surface area contributed by atoms with Crippen LogP contribution in [-0.2, 0) is 0 Å². The number of nitrogens with zero attached hydrogens (tertiary/aromatic N) is 2. The highest BCUT2D eigenvalue weighted by atomic mass is 16.5. The molecule has 5 rings (SSSR count). The summed E-state index contributed by atoms with van der Waals surface area (Å²) in [6, 6.07) is 25.0. The van der Waals surface area contributed by atoms with Crippen LogP contribution in [0.1, 0.15) is 5.56 Å². The van der Waals surface area contributed by atoms with E-state index in [-0.39, 0.29) is 0 Å². The number of hydrogen-bond donors (Lipinski definition) is 2. The fourth-order valence-corrected chi connectivity index (χ4v) is 3.79. The highest BCUT2D eigenvalue weighted by Gasteiger charge is 2.15. The molecule has 0 atom stereocenters. The minimum atomic E-state index is -1.54. The van der Waals surface area contributed by atoms with Crippen LogP contribution in [-0.4, -0.2) is 26.7 Å². The average Bonchev–Trinajstić information content (AvgIpc) is 3.07. The number of hydrogen-bond acceptors (Lipinski definition) is 4. The molecule has 0 spiro atoms. The van der Waals surface area contributed by atoms with Gasteiger partial charge in [-0.3, -0.25) is 4.57 Å². The lowest BCUT2D eigenvalue weighted by Crippen LogP contribution is -2.29. The molecule has 30 heavy (non-hydrogen) atoms. The fourth-order valence-electron chi connectivity index (χ4n) is 3.79. The van der Waals surface area contributed by atoms with E-state index in [0.29, 0.717) is 17.0 Å². The zero-order valence-corrected chi connectivity index (χ0v) is 16.4. The summed E-state index contributed by atoms with van der Waals surface area (Å²) in [5.74, 6) is 2.03. The van der Waals surface area contributed by atoms with Crippen molar-refractivity contribution in [3.63, 3.8) is 0 Å². The number of benzene rings is 3. The maximum Gasteiger partial charge on any atom is 0.488 e. The van der Waals surface area contributed by atoms with E-state index in [1.54, 1.807) is 30.5 Å². The minimum Gasteiger partial charge on any atom is -0.457 e. The van der Waals surface area contributed by atoms with Crippen molar-refractivity contribution in [2.24, 2.45) is 0 Å². The molecule has 0 aliphatic heterocycles. The summed E-state index contributed by atoms with van der Waals surface area (Å²) in [5.41, 5.74) is 3.65. The predicted octanol–water partition coefficient (Wildman–Crippen LogP) is 3.96. The van der Waals surface area contributed by atoms with Crippen molar-refractivity contribution < 1.29 is 14.8 Å². The van der Waals surface area contributed by atoms with Crippen LogP contribution in [0.25, 0.3) is 27.6 Å². The van der Waals surface area contributed by atoms with Crippen molar-refractivity contribution >= 4 is 34.4 Å². The smallest absolute Gasteiger partial charge is 0.457 e. The first-order valence-electron chi connectivity index (χ1n) is 9.70. The number of fused-ring (bicyclic) bond motifs is 3. The standard InChI is InChI=1S/C24H19BN2O3/c1-16-8-11-22-21(13-16)20-10-9-19(30-18-6-4-5-17(14-18)25(28)29)15-23(20)27(22)24-7-2-3-12-26-24/h2-15,28-29H,1H3. The average molecular weight is 394 g/mol. The van der Waals surface area contributed by atoms with Gasteiger partial charge in [0.1, 0.15) is 17.3 Å². The van der Waals surface area contributed by atoms with E-state index in [1.165, 1.54) is 5.56 Å². The Morgan fingerprint density at radius 3 is 2.47 bits per heavy atom. The van der Waals surface area contributed by atoms with Gasteiger partial charge in [0.2, 0.25) is 0 Å². The molecule has 0 bridgehead atoms. The molecule has 5 aromatic rings. The topological polar surface area (TPSA) is 67.5 Å². The molecule has 2 heterocycles. The van der Waals surface area contributed by atoms with Crippen LogP contribution in [0, 0.1) is 6.92 Å². The molecule has 0 unspecified atom stereocenters. The second-order valence-corrected chi connectivity index (χ2v) is 7.27. The molecule has 0 saturated carbocycles. The first-order chi connectivity index (χ1) is 14.6. The third-order valence-corrected chi connectivity index (χ3v) is 5.16. The molecule has 2 N–H and O–H groups in total. The Bertz CT molecular complexity index is 1360. The largest absolute Gasteiger partial charge is 0.488 e.